The van der Waals surface area contributed by atoms with Gasteiger partial charge in [-0.15, -0.1) is 0 Å². The predicted molar refractivity (Wildman–Crippen MR) is 65.1 cm³/mol. The Bertz CT molecular complexity index is 503. The van der Waals surface area contributed by atoms with Crippen molar-refractivity contribution >= 4 is 17.7 Å². The molecule has 2 rings (SSSR count). The maximum atomic E-state index is 11.7. The fraction of sp³-hybridized carbons (Fsp3) is 0.333. The summed E-state index contributed by atoms with van der Waals surface area (Å²) in [5, 5.41) is 3.76. The summed E-state index contributed by atoms with van der Waals surface area (Å²) < 4.78 is 0. The Kier molecular flexibility index (Phi) is 3.74. The average molecular weight is 262 g/mol. The summed E-state index contributed by atoms with van der Waals surface area (Å²) in [6.45, 7) is 0.347. The summed E-state index contributed by atoms with van der Waals surface area (Å²) in [5.41, 5.74) is 3.26. The van der Waals surface area contributed by atoms with Crippen molar-refractivity contribution in [2.75, 3.05) is 7.05 Å². The molecule has 0 aromatic carbocycles. The number of pyridine rings is 1. The lowest BCUT2D eigenvalue weighted by Crippen LogP contribution is -2.31. The van der Waals surface area contributed by atoms with E-state index in [-0.39, 0.29) is 18.2 Å². The molecule has 0 bridgehead atoms. The van der Waals surface area contributed by atoms with Gasteiger partial charge in [-0.25, -0.2) is 0 Å². The fourth-order valence-electron chi connectivity index (χ4n) is 1.78. The van der Waals surface area contributed by atoms with Gasteiger partial charge in [-0.1, -0.05) is 0 Å². The van der Waals surface area contributed by atoms with Crippen molar-refractivity contribution in [1.82, 2.24) is 20.7 Å². The molecule has 1 atom stereocenters. The largest absolute Gasteiger partial charge is 0.352 e. The van der Waals surface area contributed by atoms with Gasteiger partial charge in [-0.3, -0.25) is 29.8 Å². The smallest absolute Gasteiger partial charge is 0.253 e. The first kappa shape index (κ1) is 13.0. The van der Waals surface area contributed by atoms with Gasteiger partial charge in [0.15, 0.2) is 0 Å². The lowest BCUT2D eigenvalue weighted by atomic mass is 10.0. The Morgan fingerprint density at radius 2 is 2.11 bits per heavy atom. The number of nitrogens with one attached hydrogen (secondary N) is 2. The highest BCUT2D eigenvalue weighted by Gasteiger charge is 2.38. The Labute approximate surface area is 110 Å². The zero-order valence-corrected chi connectivity index (χ0v) is 10.4. The Balaban J connectivity index is 1.85. The molecule has 2 heterocycles. The molecule has 1 aromatic heterocycles. The van der Waals surface area contributed by atoms with Gasteiger partial charge in [0, 0.05) is 32.4 Å². The van der Waals surface area contributed by atoms with Crippen molar-refractivity contribution in [2.45, 2.75) is 13.0 Å². The van der Waals surface area contributed by atoms with E-state index in [1.165, 1.54) is 7.05 Å². The highest BCUT2D eigenvalue weighted by atomic mass is 16.2. The number of amides is 3. The lowest BCUT2D eigenvalue weighted by molar-refractivity contribution is -0.135. The molecule has 1 aromatic rings. The van der Waals surface area contributed by atoms with Crippen LogP contribution in [0.15, 0.2) is 24.5 Å². The number of nitrogens with zero attached hydrogens (tertiary/aromatic N) is 2. The van der Waals surface area contributed by atoms with Gasteiger partial charge in [0.2, 0.25) is 5.91 Å². The first-order chi connectivity index (χ1) is 9.08. The summed E-state index contributed by atoms with van der Waals surface area (Å²) in [4.78, 5) is 38.6. The van der Waals surface area contributed by atoms with Gasteiger partial charge in [0.25, 0.3) is 11.8 Å². The summed E-state index contributed by atoms with van der Waals surface area (Å²) in [6.07, 6.45) is 3.12. The normalized spacial score (nSPS) is 18.4. The highest BCUT2D eigenvalue weighted by molar-refractivity contribution is 6.07. The zero-order chi connectivity index (χ0) is 13.8. The van der Waals surface area contributed by atoms with Gasteiger partial charge < -0.3 is 5.32 Å². The van der Waals surface area contributed by atoms with Crippen molar-refractivity contribution in [3.05, 3.63) is 30.1 Å². The van der Waals surface area contributed by atoms with Crippen LogP contribution in [0.3, 0.4) is 0 Å². The number of carbonyl (C=O) groups is 3. The molecule has 1 aliphatic heterocycles. The third kappa shape index (κ3) is 3.06. The second-order valence-electron chi connectivity index (χ2n) is 4.26. The minimum absolute atomic E-state index is 0.139. The van der Waals surface area contributed by atoms with Crippen molar-refractivity contribution in [2.24, 2.45) is 5.92 Å². The van der Waals surface area contributed by atoms with Crippen molar-refractivity contribution < 1.29 is 14.4 Å². The fourth-order valence-corrected chi connectivity index (χ4v) is 1.78. The Morgan fingerprint density at radius 1 is 1.42 bits per heavy atom. The molecule has 7 nitrogen and oxygen atoms in total. The van der Waals surface area contributed by atoms with Gasteiger partial charge in [-0.2, -0.15) is 0 Å². The van der Waals surface area contributed by atoms with E-state index in [1.807, 2.05) is 0 Å². The highest BCUT2D eigenvalue weighted by Crippen LogP contribution is 2.12. The zero-order valence-electron chi connectivity index (χ0n) is 10.4. The number of hydrazine groups is 1. The topological polar surface area (TPSA) is 91.4 Å². The van der Waals surface area contributed by atoms with E-state index in [1.54, 1.807) is 24.5 Å². The van der Waals surface area contributed by atoms with Crippen LogP contribution < -0.4 is 10.7 Å². The second kappa shape index (κ2) is 5.47. The maximum Gasteiger partial charge on any atom is 0.253 e. The molecule has 1 unspecified atom stereocenters. The summed E-state index contributed by atoms with van der Waals surface area (Å²) in [5.74, 6) is -2.08. The van der Waals surface area contributed by atoms with Crippen LogP contribution in [-0.4, -0.2) is 34.8 Å². The van der Waals surface area contributed by atoms with Gasteiger partial charge in [0.1, 0.15) is 5.92 Å². The lowest BCUT2D eigenvalue weighted by Gasteiger charge is -2.08. The summed E-state index contributed by atoms with van der Waals surface area (Å²) in [6, 6.07) is 3.56. The van der Waals surface area contributed by atoms with Crippen molar-refractivity contribution in [3.8, 4) is 0 Å². The van der Waals surface area contributed by atoms with Crippen LogP contribution in [0.1, 0.15) is 12.0 Å². The van der Waals surface area contributed by atoms with Crippen molar-refractivity contribution in [3.63, 3.8) is 0 Å². The van der Waals surface area contributed by atoms with E-state index in [2.05, 4.69) is 15.7 Å². The van der Waals surface area contributed by atoms with Gasteiger partial charge >= 0.3 is 0 Å². The van der Waals surface area contributed by atoms with Crippen LogP contribution in [-0.2, 0) is 20.9 Å². The number of carbonyl (C=O) groups excluding carboxylic acids is 3. The molecule has 1 aliphatic rings. The number of aromatic nitrogens is 1. The van der Waals surface area contributed by atoms with Crippen LogP contribution in [0.4, 0.5) is 0 Å². The van der Waals surface area contributed by atoms with Crippen LogP contribution in [0.5, 0.6) is 0 Å². The molecule has 7 heteroatoms. The molecule has 1 saturated heterocycles. The van der Waals surface area contributed by atoms with E-state index >= 15 is 0 Å². The first-order valence-electron chi connectivity index (χ1n) is 5.81. The van der Waals surface area contributed by atoms with Gasteiger partial charge in [-0.05, 0) is 17.7 Å². The van der Waals surface area contributed by atoms with E-state index in [0.717, 1.165) is 10.6 Å². The summed E-state index contributed by atoms with van der Waals surface area (Å²) >= 11 is 0. The number of rotatable bonds is 4. The minimum Gasteiger partial charge on any atom is -0.352 e. The number of hydrogen-bond acceptors (Lipinski definition) is 4. The van der Waals surface area contributed by atoms with Crippen molar-refractivity contribution in [1.29, 1.82) is 0 Å². The Morgan fingerprint density at radius 3 is 2.68 bits per heavy atom. The van der Waals surface area contributed by atoms with Crippen LogP contribution in [0, 0.1) is 5.92 Å². The molecule has 1 fully saturated rings. The molecule has 2 N–H and O–H groups in total. The van der Waals surface area contributed by atoms with E-state index in [0.29, 0.717) is 6.54 Å². The maximum absolute atomic E-state index is 11.7. The molecule has 0 aliphatic carbocycles. The second-order valence-corrected chi connectivity index (χ2v) is 4.26. The third-order valence-corrected chi connectivity index (χ3v) is 2.85. The Hall–Kier alpha value is -2.44. The quantitative estimate of drug-likeness (QED) is 0.695. The molecule has 19 heavy (non-hydrogen) atoms. The number of hydrogen-bond donors (Lipinski definition) is 2. The van der Waals surface area contributed by atoms with E-state index in [9.17, 15) is 14.4 Å². The summed E-state index contributed by atoms with van der Waals surface area (Å²) in [7, 11) is 1.45. The van der Waals surface area contributed by atoms with Crippen LogP contribution in [0.2, 0.25) is 0 Å². The van der Waals surface area contributed by atoms with Crippen LogP contribution in [0.25, 0.3) is 0 Å². The molecule has 3 amide bonds. The minimum atomic E-state index is -0.928. The SMILES string of the molecule is CN1NC(=O)C(CC(=O)NCc2ccncc2)C1=O. The monoisotopic (exact) mass is 262 g/mol. The van der Waals surface area contributed by atoms with E-state index < -0.39 is 11.8 Å². The molecule has 0 saturated carbocycles. The molecule has 100 valence electrons. The van der Waals surface area contributed by atoms with Gasteiger partial charge in [0.05, 0.1) is 0 Å². The molecular formula is C12H14N4O3. The third-order valence-electron chi connectivity index (χ3n) is 2.85. The standard InChI is InChI=1S/C12H14N4O3/c1-16-12(19)9(11(18)15-16)6-10(17)14-7-8-2-4-13-5-3-8/h2-5,9H,6-7H2,1H3,(H,14,17)(H,15,18). The molecular weight excluding hydrogens is 248 g/mol. The first-order valence-corrected chi connectivity index (χ1v) is 5.81. The molecule has 0 spiro atoms. The molecule has 0 radical (unpaired) electrons. The van der Waals surface area contributed by atoms with E-state index in [4.69, 9.17) is 0 Å². The predicted octanol–water partition coefficient (Wildman–Crippen LogP) is -0.793. The average Bonchev–Trinajstić information content (AvgIpc) is 2.64. The van der Waals surface area contributed by atoms with Crippen LogP contribution >= 0.6 is 0 Å².